The van der Waals surface area contributed by atoms with Crippen molar-refractivity contribution in [2.45, 2.75) is 54.6 Å². The van der Waals surface area contributed by atoms with Crippen LogP contribution in [0.5, 0.6) is 0 Å². The standard InChI is InChI=1S/C34H33ClN2O5S2/c1-23-12-18-28(19-13-23)43(39,40)36-22-29-32(20-30(36)25-9-4-3-5-10-25)37(44(41,42)34-11-7-6-8-24(34)2)31(21-33(29)38)26-14-16-27(35)17-15-26/h3-19,29-32H,20-22H2,1-2H3/t29-,30+,31+,32+/m1/s1. The van der Waals surface area contributed by atoms with Gasteiger partial charge in [-0.05, 0) is 67.3 Å². The number of aryl methyl sites for hydroxylation is 2. The predicted molar refractivity (Wildman–Crippen MR) is 170 cm³/mol. The van der Waals surface area contributed by atoms with Crippen molar-refractivity contribution in [1.82, 2.24) is 8.61 Å². The summed E-state index contributed by atoms with van der Waals surface area (Å²) in [6.07, 6.45) is 0.0308. The van der Waals surface area contributed by atoms with Crippen LogP contribution in [0.2, 0.25) is 5.02 Å². The van der Waals surface area contributed by atoms with Crippen LogP contribution in [0.1, 0.15) is 47.2 Å². The van der Waals surface area contributed by atoms with Gasteiger partial charge in [0.25, 0.3) is 0 Å². The number of carbonyl (C=O) groups excluding carboxylic acids is 1. The molecule has 4 aromatic carbocycles. The molecular formula is C34H33ClN2O5S2. The second-order valence-electron chi connectivity index (χ2n) is 11.6. The minimum atomic E-state index is -4.13. The van der Waals surface area contributed by atoms with Crippen LogP contribution in [-0.2, 0) is 24.8 Å². The molecule has 2 aliphatic heterocycles. The number of hydrogen-bond donors (Lipinski definition) is 0. The molecule has 2 heterocycles. The molecule has 44 heavy (non-hydrogen) atoms. The SMILES string of the molecule is Cc1ccc(S(=O)(=O)N2C[C@H]3C(=O)C[C@@H](c4ccc(Cl)cc4)N(S(=O)(=O)c4ccccc4C)[C@H]3C[C@H]2c2ccccc2)cc1. The van der Waals surface area contributed by atoms with Gasteiger partial charge in [-0.3, -0.25) is 4.79 Å². The van der Waals surface area contributed by atoms with E-state index in [-0.39, 0.29) is 35.0 Å². The number of hydrogen-bond acceptors (Lipinski definition) is 5. The van der Waals surface area contributed by atoms with E-state index in [9.17, 15) is 21.6 Å². The molecule has 2 saturated heterocycles. The van der Waals surface area contributed by atoms with Crippen molar-refractivity contribution in [3.8, 4) is 0 Å². The lowest BCUT2D eigenvalue weighted by Crippen LogP contribution is -2.61. The lowest BCUT2D eigenvalue weighted by atomic mass is 9.77. The van der Waals surface area contributed by atoms with Crippen LogP contribution in [0, 0.1) is 19.8 Å². The molecule has 10 heteroatoms. The van der Waals surface area contributed by atoms with Gasteiger partial charge >= 0.3 is 0 Å². The van der Waals surface area contributed by atoms with Gasteiger partial charge in [0.05, 0.1) is 21.9 Å². The Morgan fingerprint density at radius 1 is 0.705 bits per heavy atom. The van der Waals surface area contributed by atoms with Crippen LogP contribution in [0.25, 0.3) is 0 Å². The van der Waals surface area contributed by atoms with E-state index in [4.69, 9.17) is 11.6 Å². The minimum absolute atomic E-state index is 0.0810. The van der Waals surface area contributed by atoms with Gasteiger partial charge in [-0.2, -0.15) is 8.61 Å². The molecule has 2 aliphatic rings. The van der Waals surface area contributed by atoms with Crippen molar-refractivity contribution in [2.75, 3.05) is 6.54 Å². The summed E-state index contributed by atoms with van der Waals surface area (Å²) in [5.41, 5.74) is 2.91. The Balaban J connectivity index is 1.51. The molecule has 0 N–H and O–H groups in total. The molecule has 228 valence electrons. The average Bonchev–Trinajstić information content (AvgIpc) is 3.01. The maximum atomic E-state index is 14.7. The summed E-state index contributed by atoms with van der Waals surface area (Å²) in [4.78, 5) is 14.3. The van der Waals surface area contributed by atoms with Gasteiger partial charge in [0.15, 0.2) is 0 Å². The fraction of sp³-hybridized carbons (Fsp3) is 0.265. The van der Waals surface area contributed by atoms with Crippen molar-refractivity contribution < 1.29 is 21.6 Å². The zero-order valence-electron chi connectivity index (χ0n) is 24.4. The maximum Gasteiger partial charge on any atom is 0.244 e. The van der Waals surface area contributed by atoms with Crippen molar-refractivity contribution in [3.63, 3.8) is 0 Å². The summed E-state index contributed by atoms with van der Waals surface area (Å²) in [6.45, 7) is 3.50. The lowest BCUT2D eigenvalue weighted by Gasteiger charge is -2.51. The fourth-order valence-electron chi connectivity index (χ4n) is 6.56. The van der Waals surface area contributed by atoms with E-state index >= 15 is 0 Å². The number of benzene rings is 4. The van der Waals surface area contributed by atoms with Crippen molar-refractivity contribution >= 4 is 37.4 Å². The number of rotatable bonds is 6. The van der Waals surface area contributed by atoms with Crippen LogP contribution in [0.4, 0.5) is 0 Å². The predicted octanol–water partition coefficient (Wildman–Crippen LogP) is 6.48. The number of piperidine rings is 2. The maximum absolute atomic E-state index is 14.7. The van der Waals surface area contributed by atoms with E-state index in [1.165, 1.54) is 8.61 Å². The van der Waals surface area contributed by atoms with E-state index in [1.807, 2.05) is 37.3 Å². The number of nitrogens with zero attached hydrogens (tertiary/aromatic N) is 2. The third kappa shape index (κ3) is 5.52. The van der Waals surface area contributed by atoms with Crippen LogP contribution < -0.4 is 0 Å². The highest BCUT2D eigenvalue weighted by Crippen LogP contribution is 2.48. The first-order valence-corrected chi connectivity index (χ1v) is 17.7. The van der Waals surface area contributed by atoms with Crippen LogP contribution in [-0.4, -0.2) is 43.8 Å². The van der Waals surface area contributed by atoms with Gasteiger partial charge in [0.2, 0.25) is 20.0 Å². The molecule has 0 aromatic heterocycles. The highest BCUT2D eigenvalue weighted by atomic mass is 35.5. The Labute approximate surface area is 264 Å². The first-order chi connectivity index (χ1) is 21.0. The van der Waals surface area contributed by atoms with Gasteiger partial charge in [-0.15, -0.1) is 0 Å². The van der Waals surface area contributed by atoms with Gasteiger partial charge in [0, 0.05) is 29.9 Å². The molecule has 6 rings (SSSR count). The van der Waals surface area contributed by atoms with E-state index in [0.29, 0.717) is 16.1 Å². The van der Waals surface area contributed by atoms with E-state index in [2.05, 4.69) is 0 Å². The quantitative estimate of drug-likeness (QED) is 0.239. The Morgan fingerprint density at radius 2 is 1.32 bits per heavy atom. The topological polar surface area (TPSA) is 91.8 Å². The molecule has 0 saturated carbocycles. The molecule has 0 unspecified atom stereocenters. The zero-order chi connectivity index (χ0) is 31.2. The monoisotopic (exact) mass is 648 g/mol. The Bertz CT molecular complexity index is 1900. The van der Waals surface area contributed by atoms with E-state index in [1.54, 1.807) is 79.7 Å². The summed E-state index contributed by atoms with van der Waals surface area (Å²) >= 11 is 6.18. The van der Waals surface area contributed by atoms with Crippen LogP contribution in [0.3, 0.4) is 0 Å². The number of carbonyl (C=O) groups is 1. The number of ketones is 1. The normalized spacial score (nSPS) is 23.3. The molecule has 0 amide bonds. The van der Waals surface area contributed by atoms with Crippen LogP contribution in [0.15, 0.2) is 113 Å². The lowest BCUT2D eigenvalue weighted by molar-refractivity contribution is -0.132. The number of fused-ring (bicyclic) bond motifs is 1. The fourth-order valence-corrected chi connectivity index (χ4v) is 10.4. The molecular weight excluding hydrogens is 616 g/mol. The largest absolute Gasteiger partial charge is 0.299 e. The van der Waals surface area contributed by atoms with Gasteiger partial charge in [0.1, 0.15) is 5.78 Å². The number of halogens is 1. The minimum Gasteiger partial charge on any atom is -0.299 e. The van der Waals surface area contributed by atoms with Gasteiger partial charge in [-0.1, -0.05) is 90.0 Å². The smallest absolute Gasteiger partial charge is 0.244 e. The molecule has 2 fully saturated rings. The third-order valence-corrected chi connectivity index (χ3v) is 13.0. The first kappa shape index (κ1) is 30.7. The second kappa shape index (κ2) is 11.9. The summed E-state index contributed by atoms with van der Waals surface area (Å²) < 4.78 is 60.6. The molecule has 0 aliphatic carbocycles. The zero-order valence-corrected chi connectivity index (χ0v) is 26.8. The third-order valence-electron chi connectivity index (χ3n) is 8.81. The van der Waals surface area contributed by atoms with Crippen LogP contribution >= 0.6 is 11.6 Å². The number of sulfonamides is 2. The molecule has 0 radical (unpaired) electrons. The second-order valence-corrected chi connectivity index (χ2v) is 15.7. The molecule has 0 bridgehead atoms. The van der Waals surface area contributed by atoms with E-state index in [0.717, 1.165) is 11.1 Å². The van der Waals surface area contributed by atoms with Gasteiger partial charge in [-0.25, -0.2) is 16.8 Å². The Morgan fingerprint density at radius 3 is 1.98 bits per heavy atom. The highest BCUT2D eigenvalue weighted by molar-refractivity contribution is 7.89. The molecule has 0 spiro atoms. The summed E-state index contributed by atoms with van der Waals surface area (Å²) in [6, 6.07) is 27.3. The molecule has 4 aromatic rings. The average molecular weight is 649 g/mol. The van der Waals surface area contributed by atoms with Crippen molar-refractivity contribution in [2.24, 2.45) is 5.92 Å². The van der Waals surface area contributed by atoms with Gasteiger partial charge < -0.3 is 0 Å². The van der Waals surface area contributed by atoms with E-state index < -0.39 is 44.1 Å². The summed E-state index contributed by atoms with van der Waals surface area (Å²) in [5.74, 6) is -1.01. The number of Topliss-reactive ketones (excluding diaryl/α,β-unsaturated/α-hetero) is 1. The van der Waals surface area contributed by atoms with Crippen molar-refractivity contribution in [1.29, 1.82) is 0 Å². The summed E-state index contributed by atoms with van der Waals surface area (Å²) in [5, 5.41) is 0.501. The highest BCUT2D eigenvalue weighted by Gasteiger charge is 2.54. The van der Waals surface area contributed by atoms with Crippen molar-refractivity contribution in [3.05, 3.63) is 130 Å². The first-order valence-electron chi connectivity index (χ1n) is 14.5. The Kier molecular flexibility index (Phi) is 8.28. The Hall–Kier alpha value is -3.34. The molecule has 4 atom stereocenters. The molecule has 7 nitrogen and oxygen atoms in total. The summed E-state index contributed by atoms with van der Waals surface area (Å²) in [7, 11) is -8.16.